The van der Waals surface area contributed by atoms with Crippen LogP contribution in [-0.2, 0) is 29.1 Å². The van der Waals surface area contributed by atoms with Crippen LogP contribution in [0.2, 0.25) is 0 Å². The van der Waals surface area contributed by atoms with Crippen LogP contribution in [0, 0.1) is 11.3 Å². The molecule has 11 heteroatoms. The Hall–Kier alpha value is -5.54. The number of thiophene rings is 1. The van der Waals surface area contributed by atoms with Crippen molar-refractivity contribution in [1.82, 2.24) is 15.2 Å². The van der Waals surface area contributed by atoms with Crippen molar-refractivity contribution in [2.45, 2.75) is 24.4 Å². The van der Waals surface area contributed by atoms with Crippen LogP contribution < -0.4 is 16.0 Å². The molecule has 5 aromatic rings. The average Bonchev–Trinajstić information content (AvgIpc) is 3.47. The molecule has 1 aliphatic heterocycles. The van der Waals surface area contributed by atoms with Crippen LogP contribution in [-0.4, -0.2) is 39.9 Å². The van der Waals surface area contributed by atoms with E-state index in [1.165, 1.54) is 28.7 Å². The number of hydrogen-bond donors (Lipinski definition) is 3. The SMILES string of the molecule is N#Cc1c(NC(=O)CSc2cccc(NC(=O)/C(=C/c3cccnc3)NC(=O)c3ccccc3)c2)sc2c1CCN(Cc1ccccc1)C2. The average molecular weight is 685 g/mol. The highest BCUT2D eigenvalue weighted by atomic mass is 32.2. The third-order valence-corrected chi connectivity index (χ3v) is 9.86. The molecule has 0 unspecified atom stereocenters. The van der Waals surface area contributed by atoms with Crippen molar-refractivity contribution in [2.75, 3.05) is 22.9 Å². The Morgan fingerprint density at radius 3 is 2.51 bits per heavy atom. The number of carbonyl (C=O) groups is 3. The molecule has 1 aliphatic rings. The third-order valence-electron chi connectivity index (χ3n) is 7.74. The van der Waals surface area contributed by atoms with Gasteiger partial charge in [0.05, 0.1) is 11.3 Å². The van der Waals surface area contributed by atoms with Crippen LogP contribution in [0.3, 0.4) is 0 Å². The fourth-order valence-electron chi connectivity index (χ4n) is 5.38. The summed E-state index contributed by atoms with van der Waals surface area (Å²) in [6, 6.07) is 31.9. The van der Waals surface area contributed by atoms with Gasteiger partial charge in [-0.05, 0) is 65.6 Å². The van der Waals surface area contributed by atoms with Gasteiger partial charge in [-0.15, -0.1) is 23.1 Å². The molecule has 0 saturated heterocycles. The largest absolute Gasteiger partial charge is 0.321 e. The summed E-state index contributed by atoms with van der Waals surface area (Å²) in [5.74, 6) is -1.04. The van der Waals surface area contributed by atoms with Gasteiger partial charge in [-0.2, -0.15) is 5.26 Å². The van der Waals surface area contributed by atoms with Crippen LogP contribution in [0.1, 0.15) is 37.5 Å². The lowest BCUT2D eigenvalue weighted by atomic mass is 10.0. The summed E-state index contributed by atoms with van der Waals surface area (Å²) >= 11 is 2.79. The normalized spacial score (nSPS) is 12.8. The predicted octanol–water partition coefficient (Wildman–Crippen LogP) is 6.71. The summed E-state index contributed by atoms with van der Waals surface area (Å²) in [7, 11) is 0. The zero-order valence-corrected chi connectivity index (χ0v) is 28.0. The van der Waals surface area contributed by atoms with Gasteiger partial charge >= 0.3 is 0 Å². The van der Waals surface area contributed by atoms with E-state index in [0.29, 0.717) is 27.4 Å². The van der Waals surface area contributed by atoms with Crippen molar-refractivity contribution >= 4 is 57.6 Å². The van der Waals surface area contributed by atoms with Crippen molar-refractivity contribution in [3.63, 3.8) is 0 Å². The van der Waals surface area contributed by atoms with Gasteiger partial charge in [0, 0.05) is 53.1 Å². The first-order chi connectivity index (χ1) is 23.9. The summed E-state index contributed by atoms with van der Waals surface area (Å²) < 4.78 is 0. The Labute approximate surface area is 292 Å². The van der Waals surface area contributed by atoms with Gasteiger partial charge in [-0.3, -0.25) is 24.3 Å². The molecule has 0 radical (unpaired) electrons. The Morgan fingerprint density at radius 2 is 1.76 bits per heavy atom. The quantitative estimate of drug-likeness (QED) is 0.104. The predicted molar refractivity (Wildman–Crippen MR) is 194 cm³/mol. The molecular weight excluding hydrogens is 653 g/mol. The number of nitrogens with one attached hydrogen (secondary N) is 3. The van der Waals surface area contributed by atoms with Gasteiger partial charge in [-0.25, -0.2) is 0 Å². The van der Waals surface area contributed by atoms with E-state index < -0.39 is 11.8 Å². The molecule has 3 aromatic carbocycles. The first-order valence-electron chi connectivity index (χ1n) is 15.6. The van der Waals surface area contributed by atoms with Gasteiger partial charge in [0.25, 0.3) is 11.8 Å². The molecular formula is C38H32N6O3S2. The Bertz CT molecular complexity index is 2030. The molecule has 0 aliphatic carbocycles. The van der Waals surface area contributed by atoms with E-state index in [1.54, 1.807) is 73.1 Å². The minimum Gasteiger partial charge on any atom is -0.321 e. The topological polar surface area (TPSA) is 127 Å². The van der Waals surface area contributed by atoms with Crippen LogP contribution in [0.5, 0.6) is 0 Å². The molecule has 9 nitrogen and oxygen atoms in total. The van der Waals surface area contributed by atoms with E-state index in [9.17, 15) is 19.6 Å². The van der Waals surface area contributed by atoms with Crippen LogP contribution in [0.4, 0.5) is 10.7 Å². The minimum absolute atomic E-state index is 0.0504. The number of amides is 3. The molecule has 6 rings (SSSR count). The smallest absolute Gasteiger partial charge is 0.272 e. The Kier molecular flexibility index (Phi) is 10.9. The maximum atomic E-state index is 13.4. The molecule has 3 amide bonds. The fraction of sp³-hybridized carbons (Fsp3) is 0.132. The number of carbonyl (C=O) groups excluding carboxylic acids is 3. The summed E-state index contributed by atoms with van der Waals surface area (Å²) in [5, 5.41) is 19.1. The zero-order chi connectivity index (χ0) is 34.0. The van der Waals surface area contributed by atoms with Gasteiger partial charge in [0.15, 0.2) is 0 Å². The zero-order valence-electron chi connectivity index (χ0n) is 26.4. The third kappa shape index (κ3) is 8.88. The molecule has 244 valence electrons. The second kappa shape index (κ2) is 16.0. The van der Waals surface area contributed by atoms with E-state index >= 15 is 0 Å². The number of thioether (sulfide) groups is 1. The number of hydrogen-bond acceptors (Lipinski definition) is 8. The van der Waals surface area contributed by atoms with E-state index in [2.05, 4.69) is 44.0 Å². The number of rotatable bonds is 11. The number of pyridine rings is 1. The highest BCUT2D eigenvalue weighted by molar-refractivity contribution is 8.00. The molecule has 0 fully saturated rings. The summed E-state index contributed by atoms with van der Waals surface area (Å²) in [4.78, 5) is 47.7. The molecule has 0 bridgehead atoms. The van der Waals surface area contributed by atoms with Gasteiger partial charge < -0.3 is 16.0 Å². The Balaban J connectivity index is 1.08. The van der Waals surface area contributed by atoms with Crippen LogP contribution >= 0.6 is 23.1 Å². The monoisotopic (exact) mass is 684 g/mol. The van der Waals surface area contributed by atoms with Crippen molar-refractivity contribution in [2.24, 2.45) is 0 Å². The molecule has 0 spiro atoms. The molecule has 0 atom stereocenters. The van der Waals surface area contributed by atoms with E-state index in [1.807, 2.05) is 30.3 Å². The first kappa shape index (κ1) is 33.4. The van der Waals surface area contributed by atoms with E-state index in [0.717, 1.165) is 41.4 Å². The maximum Gasteiger partial charge on any atom is 0.272 e. The molecule has 0 saturated carbocycles. The fourth-order valence-corrected chi connectivity index (χ4v) is 7.40. The maximum absolute atomic E-state index is 13.4. The summed E-state index contributed by atoms with van der Waals surface area (Å²) in [5.41, 5.74) is 4.44. The lowest BCUT2D eigenvalue weighted by Gasteiger charge is -2.26. The first-order valence-corrected chi connectivity index (χ1v) is 17.4. The number of nitriles is 1. The second-order valence-corrected chi connectivity index (χ2v) is 13.4. The lowest BCUT2D eigenvalue weighted by Crippen LogP contribution is -2.30. The molecule has 3 heterocycles. The Morgan fingerprint density at radius 1 is 0.959 bits per heavy atom. The summed E-state index contributed by atoms with van der Waals surface area (Å²) in [6.07, 6.45) is 5.54. The van der Waals surface area contributed by atoms with Crippen LogP contribution in [0.25, 0.3) is 6.08 Å². The molecule has 3 N–H and O–H groups in total. The van der Waals surface area contributed by atoms with E-state index in [-0.39, 0.29) is 17.4 Å². The van der Waals surface area contributed by atoms with Gasteiger partial charge in [0.2, 0.25) is 5.91 Å². The molecule has 49 heavy (non-hydrogen) atoms. The number of aromatic nitrogens is 1. The van der Waals surface area contributed by atoms with Crippen molar-refractivity contribution < 1.29 is 14.4 Å². The number of fused-ring (bicyclic) bond motifs is 1. The minimum atomic E-state index is -0.513. The van der Waals surface area contributed by atoms with Crippen molar-refractivity contribution in [3.05, 3.63) is 148 Å². The van der Waals surface area contributed by atoms with E-state index in [4.69, 9.17) is 0 Å². The second-order valence-electron chi connectivity index (χ2n) is 11.2. The number of anilines is 2. The standard InChI is InChI=1S/C38H32N6O3S2/c39-21-32-31-16-18-44(23-26-9-3-1-4-10-26)24-34(31)49-38(32)43-35(45)25-48-30-15-7-14-29(20-30)41-37(47)33(19-27-11-8-17-40-22-27)42-36(46)28-12-5-2-6-13-28/h1-15,17,19-20,22H,16,18,23-25H2,(H,41,47)(H,42,46)(H,43,45)/b33-19-. The van der Waals surface area contributed by atoms with Crippen molar-refractivity contribution in [1.29, 1.82) is 5.26 Å². The highest BCUT2D eigenvalue weighted by Gasteiger charge is 2.25. The molecule has 2 aromatic heterocycles. The van der Waals surface area contributed by atoms with Gasteiger partial charge in [-0.1, -0.05) is 60.7 Å². The number of nitrogens with zero attached hydrogens (tertiary/aromatic N) is 3. The van der Waals surface area contributed by atoms with Gasteiger partial charge in [0.1, 0.15) is 16.8 Å². The highest BCUT2D eigenvalue weighted by Crippen LogP contribution is 2.37. The van der Waals surface area contributed by atoms with Crippen LogP contribution in [0.15, 0.2) is 120 Å². The summed E-state index contributed by atoms with van der Waals surface area (Å²) in [6.45, 7) is 2.42. The lowest BCUT2D eigenvalue weighted by molar-refractivity contribution is -0.114. The van der Waals surface area contributed by atoms with Crippen molar-refractivity contribution in [3.8, 4) is 6.07 Å². The number of benzene rings is 3.